The third-order valence-corrected chi connectivity index (χ3v) is 6.69. The first-order valence-corrected chi connectivity index (χ1v) is 10.8. The number of alkyl halides is 3. The number of hydrogen-bond acceptors (Lipinski definition) is 5. The summed E-state index contributed by atoms with van der Waals surface area (Å²) in [4.78, 5) is 4.99. The zero-order chi connectivity index (χ0) is 21.6. The SMILES string of the molecule is Cn1nccc1-c1c2c(nc(C3CCCCC3)c1-c1nn[nH]n1)CCC(C(F)(F)F)C2. The minimum absolute atomic E-state index is 0.0694. The number of tetrazole rings is 1. The monoisotopic (exact) mass is 431 g/mol. The maximum atomic E-state index is 13.7. The van der Waals surface area contributed by atoms with Crippen LogP contribution in [0, 0.1) is 5.92 Å². The molecule has 3 aromatic rings. The molecule has 1 N–H and O–H groups in total. The Morgan fingerprint density at radius 2 is 1.90 bits per heavy atom. The number of halogens is 3. The van der Waals surface area contributed by atoms with Crippen LogP contribution in [0.5, 0.6) is 0 Å². The molecule has 7 nitrogen and oxygen atoms in total. The van der Waals surface area contributed by atoms with Gasteiger partial charge in [0, 0.05) is 30.4 Å². The normalized spacial score (nSPS) is 20.1. The van der Waals surface area contributed by atoms with E-state index < -0.39 is 12.1 Å². The molecule has 0 amide bonds. The van der Waals surface area contributed by atoms with Crippen molar-refractivity contribution < 1.29 is 13.2 Å². The van der Waals surface area contributed by atoms with E-state index in [-0.39, 0.29) is 18.8 Å². The van der Waals surface area contributed by atoms with Crippen LogP contribution in [-0.4, -0.2) is 41.6 Å². The fraction of sp³-hybridized carbons (Fsp3) is 0.571. The summed E-state index contributed by atoms with van der Waals surface area (Å²) >= 11 is 0. The van der Waals surface area contributed by atoms with E-state index in [4.69, 9.17) is 4.98 Å². The zero-order valence-corrected chi connectivity index (χ0v) is 17.3. The van der Waals surface area contributed by atoms with Crippen LogP contribution in [0.1, 0.15) is 61.4 Å². The second-order valence-corrected chi connectivity index (χ2v) is 8.56. The van der Waals surface area contributed by atoms with Gasteiger partial charge in [-0.25, -0.2) is 0 Å². The highest BCUT2D eigenvalue weighted by atomic mass is 19.4. The molecular formula is C21H24F3N7. The Balaban J connectivity index is 1.78. The van der Waals surface area contributed by atoms with Crippen molar-refractivity contribution in [3.8, 4) is 22.6 Å². The lowest BCUT2D eigenvalue weighted by Gasteiger charge is -2.31. The number of aromatic nitrogens is 7. The van der Waals surface area contributed by atoms with Crippen molar-refractivity contribution in [2.75, 3.05) is 0 Å². The molecule has 164 valence electrons. The lowest BCUT2D eigenvalue weighted by molar-refractivity contribution is -0.177. The van der Waals surface area contributed by atoms with E-state index in [0.29, 0.717) is 23.4 Å². The van der Waals surface area contributed by atoms with Crippen molar-refractivity contribution in [3.05, 3.63) is 29.2 Å². The molecule has 0 aromatic carbocycles. The average molecular weight is 431 g/mol. The Morgan fingerprint density at radius 1 is 1.10 bits per heavy atom. The molecule has 1 unspecified atom stereocenters. The van der Waals surface area contributed by atoms with E-state index >= 15 is 0 Å². The molecule has 0 saturated heterocycles. The molecule has 1 saturated carbocycles. The van der Waals surface area contributed by atoms with E-state index in [1.54, 1.807) is 17.9 Å². The van der Waals surface area contributed by atoms with Crippen LogP contribution >= 0.6 is 0 Å². The molecule has 5 rings (SSSR count). The molecule has 1 atom stereocenters. The molecule has 1 fully saturated rings. The van der Waals surface area contributed by atoms with Crippen LogP contribution in [0.2, 0.25) is 0 Å². The predicted octanol–water partition coefficient (Wildman–Crippen LogP) is 4.38. The number of aromatic amines is 1. The van der Waals surface area contributed by atoms with Crippen LogP contribution in [0.3, 0.4) is 0 Å². The predicted molar refractivity (Wildman–Crippen MR) is 107 cm³/mol. The van der Waals surface area contributed by atoms with E-state index in [0.717, 1.165) is 48.3 Å². The second-order valence-electron chi connectivity index (χ2n) is 8.56. The van der Waals surface area contributed by atoms with Gasteiger partial charge in [-0.05, 0) is 48.9 Å². The summed E-state index contributed by atoms with van der Waals surface area (Å²) in [5, 5.41) is 19.0. The zero-order valence-electron chi connectivity index (χ0n) is 17.3. The number of pyridine rings is 1. The first kappa shape index (κ1) is 20.1. The summed E-state index contributed by atoms with van der Waals surface area (Å²) in [6.07, 6.45) is 3.15. The fourth-order valence-corrected chi connectivity index (χ4v) is 5.12. The molecule has 3 aromatic heterocycles. The van der Waals surface area contributed by atoms with Gasteiger partial charge in [0.1, 0.15) is 0 Å². The third kappa shape index (κ3) is 3.61. The van der Waals surface area contributed by atoms with Gasteiger partial charge in [0.25, 0.3) is 0 Å². The first-order chi connectivity index (χ1) is 14.9. The molecular weight excluding hydrogens is 407 g/mol. The van der Waals surface area contributed by atoms with Crippen LogP contribution in [-0.2, 0) is 19.9 Å². The highest BCUT2D eigenvalue weighted by Gasteiger charge is 2.43. The fourth-order valence-electron chi connectivity index (χ4n) is 5.12. The highest BCUT2D eigenvalue weighted by Crippen LogP contribution is 2.46. The number of rotatable bonds is 3. The molecule has 0 aliphatic heterocycles. The van der Waals surface area contributed by atoms with Gasteiger partial charge in [-0.15, -0.1) is 10.2 Å². The molecule has 31 heavy (non-hydrogen) atoms. The van der Waals surface area contributed by atoms with Gasteiger partial charge in [0.15, 0.2) is 0 Å². The van der Waals surface area contributed by atoms with Crippen molar-refractivity contribution in [2.45, 2.75) is 63.5 Å². The first-order valence-electron chi connectivity index (χ1n) is 10.8. The Kier molecular flexibility index (Phi) is 5.02. The summed E-state index contributed by atoms with van der Waals surface area (Å²) in [7, 11) is 1.80. The maximum Gasteiger partial charge on any atom is 0.392 e. The second kappa shape index (κ2) is 7.72. The van der Waals surface area contributed by atoms with Crippen LogP contribution in [0.25, 0.3) is 22.6 Å². The van der Waals surface area contributed by atoms with Gasteiger partial charge < -0.3 is 0 Å². The number of fused-ring (bicyclic) bond motifs is 1. The number of hydrogen-bond donors (Lipinski definition) is 1. The van der Waals surface area contributed by atoms with E-state index in [1.807, 2.05) is 6.07 Å². The quantitative estimate of drug-likeness (QED) is 0.665. The van der Waals surface area contributed by atoms with Crippen molar-refractivity contribution in [2.24, 2.45) is 13.0 Å². The minimum atomic E-state index is -4.24. The minimum Gasteiger partial charge on any atom is -0.268 e. The summed E-state index contributed by atoms with van der Waals surface area (Å²) < 4.78 is 42.7. The smallest absolute Gasteiger partial charge is 0.268 e. The van der Waals surface area contributed by atoms with Crippen LogP contribution in [0.4, 0.5) is 13.2 Å². The van der Waals surface area contributed by atoms with Crippen molar-refractivity contribution in [3.63, 3.8) is 0 Å². The summed E-state index contributed by atoms with van der Waals surface area (Å²) in [6, 6.07) is 1.83. The topological polar surface area (TPSA) is 85.2 Å². The lowest BCUT2D eigenvalue weighted by Crippen LogP contribution is -2.30. The van der Waals surface area contributed by atoms with Gasteiger partial charge in [0.05, 0.1) is 22.9 Å². The Labute approximate surface area is 177 Å². The highest BCUT2D eigenvalue weighted by molar-refractivity contribution is 5.84. The molecule has 10 heteroatoms. The lowest BCUT2D eigenvalue weighted by atomic mass is 9.78. The van der Waals surface area contributed by atoms with Gasteiger partial charge >= 0.3 is 6.18 Å². The van der Waals surface area contributed by atoms with Gasteiger partial charge in [-0.3, -0.25) is 9.67 Å². The van der Waals surface area contributed by atoms with Crippen molar-refractivity contribution in [1.82, 2.24) is 35.4 Å². The Hall–Kier alpha value is -2.78. The largest absolute Gasteiger partial charge is 0.392 e. The van der Waals surface area contributed by atoms with Crippen LogP contribution < -0.4 is 0 Å². The average Bonchev–Trinajstić information content (AvgIpc) is 3.44. The summed E-state index contributed by atoms with van der Waals surface area (Å²) in [5.74, 6) is -0.770. The molecule has 0 radical (unpaired) electrons. The van der Waals surface area contributed by atoms with Gasteiger partial charge in [-0.2, -0.15) is 23.5 Å². The number of nitrogens with zero attached hydrogens (tertiary/aromatic N) is 6. The van der Waals surface area contributed by atoms with Crippen LogP contribution in [0.15, 0.2) is 12.3 Å². The number of nitrogens with one attached hydrogen (secondary N) is 1. The molecule has 3 heterocycles. The number of H-pyrrole nitrogens is 1. The maximum absolute atomic E-state index is 13.7. The molecule has 2 aliphatic rings. The molecule has 0 spiro atoms. The summed E-state index contributed by atoms with van der Waals surface area (Å²) in [6.45, 7) is 0. The molecule has 2 aliphatic carbocycles. The number of aryl methyl sites for hydroxylation is 2. The van der Waals surface area contributed by atoms with Gasteiger partial charge in [-0.1, -0.05) is 19.3 Å². The van der Waals surface area contributed by atoms with E-state index in [9.17, 15) is 13.2 Å². The van der Waals surface area contributed by atoms with E-state index in [1.165, 1.54) is 6.42 Å². The Bertz CT molecular complexity index is 1070. The Morgan fingerprint density at radius 3 is 2.55 bits per heavy atom. The van der Waals surface area contributed by atoms with Crippen molar-refractivity contribution in [1.29, 1.82) is 0 Å². The van der Waals surface area contributed by atoms with E-state index in [2.05, 4.69) is 25.7 Å². The standard InChI is InChI=1S/C21H24F3N7/c1-31-16(9-10-25-31)17-14-11-13(21(22,23)24)7-8-15(14)26-19(12-5-3-2-4-6-12)18(17)20-27-29-30-28-20/h9-10,12-13H,2-8,11H2,1H3,(H,27,28,29,30). The van der Waals surface area contributed by atoms with Crippen molar-refractivity contribution >= 4 is 0 Å². The third-order valence-electron chi connectivity index (χ3n) is 6.69. The molecule has 0 bridgehead atoms. The van der Waals surface area contributed by atoms with Gasteiger partial charge in [0.2, 0.25) is 5.82 Å². The summed E-state index contributed by atoms with van der Waals surface area (Å²) in [5.41, 5.74) is 4.47.